The molecule has 1 aromatic carbocycles. The van der Waals surface area contributed by atoms with Gasteiger partial charge in [0.25, 0.3) is 5.91 Å². The zero-order valence-corrected chi connectivity index (χ0v) is 12.4. The molecule has 0 spiro atoms. The zero-order chi connectivity index (χ0) is 13.3. The predicted octanol–water partition coefficient (Wildman–Crippen LogP) is 2.25. The van der Waals surface area contributed by atoms with Crippen LogP contribution in [-0.4, -0.2) is 36.1 Å². The third-order valence-electron chi connectivity index (χ3n) is 3.20. The van der Waals surface area contributed by atoms with Crippen LogP contribution in [-0.2, 0) is 4.74 Å². The van der Waals surface area contributed by atoms with Gasteiger partial charge in [-0.25, -0.2) is 0 Å². The highest BCUT2D eigenvalue weighted by Gasteiger charge is 2.30. The van der Waals surface area contributed by atoms with E-state index in [1.54, 1.807) is 6.07 Å². The van der Waals surface area contributed by atoms with Crippen molar-refractivity contribution in [3.63, 3.8) is 0 Å². The zero-order valence-electron chi connectivity index (χ0n) is 11.6. The molecule has 1 aromatic rings. The number of hydrogen-bond donors (Lipinski definition) is 1. The summed E-state index contributed by atoms with van der Waals surface area (Å²) in [4.78, 5) is 14.3. The molecule has 4 nitrogen and oxygen atoms in total. The monoisotopic (exact) mass is 284 g/mol. The van der Waals surface area contributed by atoms with Crippen molar-refractivity contribution in [2.75, 3.05) is 25.4 Å². The maximum Gasteiger partial charge on any atom is 0.254 e. The van der Waals surface area contributed by atoms with Crippen LogP contribution in [0.5, 0.6) is 0 Å². The molecule has 0 aliphatic carbocycles. The Labute approximate surface area is 120 Å². The lowest BCUT2D eigenvalue weighted by molar-refractivity contribution is -0.0764. The van der Waals surface area contributed by atoms with E-state index in [2.05, 4.69) is 0 Å². The van der Waals surface area contributed by atoms with Gasteiger partial charge in [0.2, 0.25) is 0 Å². The van der Waals surface area contributed by atoms with Crippen molar-refractivity contribution in [3.05, 3.63) is 29.3 Å². The minimum absolute atomic E-state index is 0. The molecule has 2 rings (SSSR count). The summed E-state index contributed by atoms with van der Waals surface area (Å²) in [5.41, 5.74) is 7.74. The minimum atomic E-state index is -0.276. The summed E-state index contributed by atoms with van der Waals surface area (Å²) in [5, 5.41) is 0. The summed E-state index contributed by atoms with van der Waals surface area (Å²) < 4.78 is 5.62. The molecule has 0 saturated carbocycles. The van der Waals surface area contributed by atoms with Crippen LogP contribution in [0.25, 0.3) is 0 Å². The number of nitrogens with zero attached hydrogens (tertiary/aromatic N) is 1. The number of carbonyl (C=O) groups is 1. The fourth-order valence-electron chi connectivity index (χ4n) is 2.23. The number of rotatable bonds is 1. The molecule has 0 radical (unpaired) electrons. The first kappa shape index (κ1) is 15.8. The van der Waals surface area contributed by atoms with E-state index in [9.17, 15) is 4.79 Å². The van der Waals surface area contributed by atoms with E-state index in [0.717, 1.165) is 5.56 Å². The number of halogens is 1. The fourth-order valence-corrected chi connectivity index (χ4v) is 2.23. The van der Waals surface area contributed by atoms with Gasteiger partial charge in [0.1, 0.15) is 0 Å². The lowest BCUT2D eigenvalue weighted by Gasteiger charge is -2.38. The summed E-state index contributed by atoms with van der Waals surface area (Å²) in [7, 11) is 0. The number of anilines is 1. The topological polar surface area (TPSA) is 55.6 Å². The highest BCUT2D eigenvalue weighted by molar-refractivity contribution is 5.96. The van der Waals surface area contributed by atoms with Gasteiger partial charge in [-0.3, -0.25) is 4.79 Å². The molecule has 106 valence electrons. The second-order valence-corrected chi connectivity index (χ2v) is 5.41. The molecule has 2 N–H and O–H groups in total. The van der Waals surface area contributed by atoms with Gasteiger partial charge < -0.3 is 15.4 Å². The van der Waals surface area contributed by atoms with Crippen LogP contribution in [0.3, 0.4) is 0 Å². The summed E-state index contributed by atoms with van der Waals surface area (Å²) in [6.45, 7) is 7.76. The largest absolute Gasteiger partial charge is 0.399 e. The smallest absolute Gasteiger partial charge is 0.254 e. The number of aryl methyl sites for hydroxylation is 1. The third-order valence-corrected chi connectivity index (χ3v) is 3.20. The maximum absolute atomic E-state index is 12.5. The van der Waals surface area contributed by atoms with Gasteiger partial charge in [-0.1, -0.05) is 6.07 Å². The van der Waals surface area contributed by atoms with Crippen LogP contribution >= 0.6 is 12.4 Å². The number of morpholine rings is 1. The molecule has 1 aliphatic heterocycles. The average molecular weight is 285 g/mol. The molecular weight excluding hydrogens is 264 g/mol. The van der Waals surface area contributed by atoms with Crippen molar-refractivity contribution in [2.24, 2.45) is 0 Å². The second kappa shape index (κ2) is 5.80. The van der Waals surface area contributed by atoms with E-state index in [1.165, 1.54) is 0 Å². The number of hydrogen-bond acceptors (Lipinski definition) is 3. The van der Waals surface area contributed by atoms with Crippen molar-refractivity contribution in [1.82, 2.24) is 4.90 Å². The van der Waals surface area contributed by atoms with Crippen LogP contribution in [0.2, 0.25) is 0 Å². The standard InChI is InChI=1S/C14H20N2O2.ClH/c1-10-4-5-11(15)8-12(10)13(17)16-6-7-18-14(2,3)9-16;/h4-5,8H,6-7,9,15H2,1-3H3;1H. The Hall–Kier alpha value is -1.26. The van der Waals surface area contributed by atoms with E-state index in [1.807, 2.05) is 37.8 Å². The van der Waals surface area contributed by atoms with Crippen molar-refractivity contribution in [2.45, 2.75) is 26.4 Å². The van der Waals surface area contributed by atoms with Crippen LogP contribution < -0.4 is 5.73 Å². The van der Waals surface area contributed by atoms with Crippen molar-refractivity contribution in [1.29, 1.82) is 0 Å². The average Bonchev–Trinajstić information content (AvgIpc) is 2.30. The first-order valence-electron chi connectivity index (χ1n) is 6.18. The Balaban J connectivity index is 0.00000180. The van der Waals surface area contributed by atoms with Crippen molar-refractivity contribution < 1.29 is 9.53 Å². The SMILES string of the molecule is Cc1ccc(N)cc1C(=O)N1CCOC(C)(C)C1.Cl. The molecule has 0 unspecified atom stereocenters. The lowest BCUT2D eigenvalue weighted by Crippen LogP contribution is -2.50. The number of nitrogens with two attached hydrogens (primary N) is 1. The first-order chi connectivity index (χ1) is 8.39. The normalized spacial score (nSPS) is 17.7. The van der Waals surface area contributed by atoms with Gasteiger partial charge >= 0.3 is 0 Å². The molecule has 19 heavy (non-hydrogen) atoms. The Bertz CT molecular complexity index is 475. The highest BCUT2D eigenvalue weighted by atomic mass is 35.5. The number of nitrogen functional groups attached to an aromatic ring is 1. The Morgan fingerprint density at radius 1 is 1.42 bits per heavy atom. The van der Waals surface area contributed by atoms with E-state index < -0.39 is 0 Å². The molecule has 0 aromatic heterocycles. The molecule has 1 aliphatic rings. The van der Waals surface area contributed by atoms with Crippen molar-refractivity contribution in [3.8, 4) is 0 Å². The third kappa shape index (κ3) is 3.61. The van der Waals surface area contributed by atoms with Crippen LogP contribution in [0, 0.1) is 6.92 Å². The quantitative estimate of drug-likeness (QED) is 0.805. The number of amides is 1. The highest BCUT2D eigenvalue weighted by Crippen LogP contribution is 2.21. The second-order valence-electron chi connectivity index (χ2n) is 5.41. The Morgan fingerprint density at radius 2 is 2.11 bits per heavy atom. The van der Waals surface area contributed by atoms with Crippen molar-refractivity contribution >= 4 is 24.0 Å². The molecule has 1 amide bonds. The number of ether oxygens (including phenoxy) is 1. The minimum Gasteiger partial charge on any atom is -0.399 e. The fraction of sp³-hybridized carbons (Fsp3) is 0.500. The van der Waals surface area contributed by atoms with Gasteiger partial charge in [-0.2, -0.15) is 0 Å². The summed E-state index contributed by atoms with van der Waals surface area (Å²) in [6.07, 6.45) is 0. The first-order valence-corrected chi connectivity index (χ1v) is 6.18. The molecule has 0 bridgehead atoms. The predicted molar refractivity (Wildman–Crippen MR) is 78.8 cm³/mol. The molecule has 1 fully saturated rings. The van der Waals surface area contributed by atoms with Crippen LogP contribution in [0.1, 0.15) is 29.8 Å². The van der Waals surface area contributed by atoms with Gasteiger partial charge in [-0.15, -0.1) is 12.4 Å². The van der Waals surface area contributed by atoms with E-state index >= 15 is 0 Å². The molecule has 0 atom stereocenters. The van der Waals surface area contributed by atoms with E-state index in [0.29, 0.717) is 30.9 Å². The molecule has 1 heterocycles. The maximum atomic E-state index is 12.5. The van der Waals surface area contributed by atoms with Gasteiger partial charge in [0.05, 0.1) is 12.2 Å². The lowest BCUT2D eigenvalue weighted by atomic mass is 10.0. The number of carbonyl (C=O) groups excluding carboxylic acids is 1. The molecule has 5 heteroatoms. The van der Waals surface area contributed by atoms with Gasteiger partial charge in [-0.05, 0) is 38.5 Å². The Morgan fingerprint density at radius 3 is 2.74 bits per heavy atom. The van der Waals surface area contributed by atoms with Gasteiger partial charge in [0.15, 0.2) is 0 Å². The molecular formula is C14H21ClN2O2. The van der Waals surface area contributed by atoms with Gasteiger partial charge in [0, 0.05) is 24.3 Å². The number of benzene rings is 1. The molecule has 1 saturated heterocycles. The van der Waals surface area contributed by atoms with E-state index in [4.69, 9.17) is 10.5 Å². The summed E-state index contributed by atoms with van der Waals surface area (Å²) in [6, 6.07) is 5.45. The summed E-state index contributed by atoms with van der Waals surface area (Å²) >= 11 is 0. The summed E-state index contributed by atoms with van der Waals surface area (Å²) in [5.74, 6) is 0.0381. The van der Waals surface area contributed by atoms with Crippen LogP contribution in [0.15, 0.2) is 18.2 Å². The Kier molecular flexibility index (Phi) is 4.82. The van der Waals surface area contributed by atoms with E-state index in [-0.39, 0.29) is 23.9 Å². The van der Waals surface area contributed by atoms with Crippen LogP contribution in [0.4, 0.5) is 5.69 Å².